The first-order valence-corrected chi connectivity index (χ1v) is 11.5. The largest absolute Gasteiger partial charge is 0.366 e. The number of urea groups is 1. The molecule has 0 bridgehead atoms. The fourth-order valence-corrected chi connectivity index (χ4v) is 4.13. The number of benzene rings is 3. The molecule has 180 valence electrons. The SMILES string of the molecule is C[C@@H](NC(=O)Nc1cccc(C(N)=O)c1)c1cccc(C(=O)Nc2ccc3c(c2)CN(C)CC3)c1. The number of anilines is 2. The molecule has 0 radical (unpaired) electrons. The van der Waals surface area contributed by atoms with E-state index in [1.807, 2.05) is 25.1 Å². The minimum Gasteiger partial charge on any atom is -0.366 e. The lowest BCUT2D eigenvalue weighted by molar-refractivity contribution is 0.0997. The molecule has 0 saturated carbocycles. The van der Waals surface area contributed by atoms with E-state index in [1.54, 1.807) is 36.4 Å². The predicted octanol–water partition coefficient (Wildman–Crippen LogP) is 3.91. The fourth-order valence-electron chi connectivity index (χ4n) is 4.13. The zero-order valence-electron chi connectivity index (χ0n) is 19.8. The number of nitrogens with zero attached hydrogens (tertiary/aromatic N) is 1. The molecule has 0 aliphatic carbocycles. The van der Waals surface area contributed by atoms with Gasteiger partial charge in [0.1, 0.15) is 0 Å². The topological polar surface area (TPSA) is 117 Å². The van der Waals surface area contributed by atoms with Gasteiger partial charge in [-0.3, -0.25) is 9.59 Å². The van der Waals surface area contributed by atoms with E-state index in [1.165, 1.54) is 17.2 Å². The van der Waals surface area contributed by atoms with E-state index in [9.17, 15) is 14.4 Å². The van der Waals surface area contributed by atoms with E-state index in [0.717, 1.165) is 30.8 Å². The van der Waals surface area contributed by atoms with Crippen molar-refractivity contribution in [2.75, 3.05) is 24.2 Å². The predicted molar refractivity (Wildman–Crippen MR) is 136 cm³/mol. The van der Waals surface area contributed by atoms with E-state index in [0.29, 0.717) is 16.8 Å². The monoisotopic (exact) mass is 471 g/mol. The molecule has 35 heavy (non-hydrogen) atoms. The van der Waals surface area contributed by atoms with E-state index < -0.39 is 11.9 Å². The van der Waals surface area contributed by atoms with Crippen LogP contribution in [0.2, 0.25) is 0 Å². The number of fused-ring (bicyclic) bond motifs is 1. The number of primary amides is 1. The highest BCUT2D eigenvalue weighted by molar-refractivity contribution is 6.04. The smallest absolute Gasteiger partial charge is 0.319 e. The van der Waals surface area contributed by atoms with Gasteiger partial charge in [0.15, 0.2) is 0 Å². The Balaban J connectivity index is 1.39. The van der Waals surface area contributed by atoms with Crippen LogP contribution in [0.4, 0.5) is 16.2 Å². The number of carbonyl (C=O) groups is 3. The first-order chi connectivity index (χ1) is 16.8. The van der Waals surface area contributed by atoms with Crippen molar-refractivity contribution in [2.24, 2.45) is 5.73 Å². The van der Waals surface area contributed by atoms with Gasteiger partial charge >= 0.3 is 6.03 Å². The summed E-state index contributed by atoms with van der Waals surface area (Å²) in [4.78, 5) is 39.0. The quantitative estimate of drug-likeness (QED) is 0.436. The van der Waals surface area contributed by atoms with Gasteiger partial charge in [0.25, 0.3) is 5.91 Å². The number of hydrogen-bond donors (Lipinski definition) is 4. The second-order valence-electron chi connectivity index (χ2n) is 8.82. The summed E-state index contributed by atoms with van der Waals surface area (Å²) in [5, 5.41) is 8.52. The van der Waals surface area contributed by atoms with Gasteiger partial charge < -0.3 is 26.6 Å². The van der Waals surface area contributed by atoms with Gasteiger partial charge in [0.2, 0.25) is 5.91 Å². The minimum absolute atomic E-state index is 0.212. The Morgan fingerprint density at radius 3 is 2.43 bits per heavy atom. The summed E-state index contributed by atoms with van der Waals surface area (Å²) in [7, 11) is 2.09. The molecule has 1 atom stereocenters. The summed E-state index contributed by atoms with van der Waals surface area (Å²) in [5.74, 6) is -0.781. The second kappa shape index (κ2) is 10.4. The number of nitrogens with two attached hydrogens (primary N) is 1. The first-order valence-electron chi connectivity index (χ1n) is 11.5. The van der Waals surface area contributed by atoms with Crippen molar-refractivity contribution in [1.29, 1.82) is 0 Å². The Hall–Kier alpha value is -4.17. The molecule has 1 aliphatic rings. The molecule has 1 heterocycles. The van der Waals surface area contributed by atoms with E-state index in [-0.39, 0.29) is 11.9 Å². The van der Waals surface area contributed by atoms with Crippen molar-refractivity contribution < 1.29 is 14.4 Å². The van der Waals surface area contributed by atoms with Gasteiger partial charge in [0.05, 0.1) is 6.04 Å². The summed E-state index contributed by atoms with van der Waals surface area (Å²) in [5.41, 5.74) is 10.7. The van der Waals surface area contributed by atoms with Crippen LogP contribution in [-0.2, 0) is 13.0 Å². The summed E-state index contributed by atoms with van der Waals surface area (Å²) >= 11 is 0. The van der Waals surface area contributed by atoms with Crippen molar-refractivity contribution in [2.45, 2.75) is 25.9 Å². The molecule has 0 saturated heterocycles. The third-order valence-electron chi connectivity index (χ3n) is 6.07. The normalized spacial score (nSPS) is 13.9. The van der Waals surface area contributed by atoms with Crippen LogP contribution in [0, 0.1) is 0 Å². The number of amides is 4. The van der Waals surface area contributed by atoms with Crippen LogP contribution in [-0.4, -0.2) is 36.3 Å². The molecule has 4 amide bonds. The van der Waals surface area contributed by atoms with Gasteiger partial charge in [-0.2, -0.15) is 0 Å². The maximum atomic E-state index is 12.9. The molecule has 1 aliphatic heterocycles. The molecule has 0 aromatic heterocycles. The number of rotatable bonds is 6. The highest BCUT2D eigenvalue weighted by Gasteiger charge is 2.16. The van der Waals surface area contributed by atoms with Gasteiger partial charge in [-0.1, -0.05) is 24.3 Å². The highest BCUT2D eigenvalue weighted by atomic mass is 16.2. The van der Waals surface area contributed by atoms with E-state index in [4.69, 9.17) is 5.73 Å². The van der Waals surface area contributed by atoms with Crippen molar-refractivity contribution in [3.63, 3.8) is 0 Å². The Labute approximate surface area is 204 Å². The summed E-state index contributed by atoms with van der Waals surface area (Å²) < 4.78 is 0. The van der Waals surface area contributed by atoms with Crippen molar-refractivity contribution >= 4 is 29.2 Å². The molecule has 3 aromatic carbocycles. The molecular weight excluding hydrogens is 442 g/mol. The highest BCUT2D eigenvalue weighted by Crippen LogP contribution is 2.23. The molecule has 0 unspecified atom stereocenters. The summed E-state index contributed by atoms with van der Waals surface area (Å²) in [6.45, 7) is 3.73. The van der Waals surface area contributed by atoms with Gasteiger partial charge in [-0.05, 0) is 79.5 Å². The Kier molecular flexibility index (Phi) is 7.12. The van der Waals surface area contributed by atoms with Crippen molar-refractivity contribution in [1.82, 2.24) is 10.2 Å². The van der Waals surface area contributed by atoms with Crippen LogP contribution in [0.15, 0.2) is 66.7 Å². The molecule has 5 N–H and O–H groups in total. The summed E-state index contributed by atoms with van der Waals surface area (Å²) in [6, 6.07) is 18.8. The maximum absolute atomic E-state index is 12.9. The number of nitrogens with one attached hydrogen (secondary N) is 3. The van der Waals surface area contributed by atoms with Crippen LogP contribution in [0.3, 0.4) is 0 Å². The zero-order chi connectivity index (χ0) is 24.9. The molecule has 4 rings (SSSR count). The van der Waals surface area contributed by atoms with Gasteiger partial charge in [0, 0.05) is 35.6 Å². The molecule has 0 fully saturated rings. The maximum Gasteiger partial charge on any atom is 0.319 e. The zero-order valence-corrected chi connectivity index (χ0v) is 19.8. The number of carbonyl (C=O) groups excluding carboxylic acids is 3. The minimum atomic E-state index is -0.569. The molecular formula is C27H29N5O3. The van der Waals surface area contributed by atoms with E-state index >= 15 is 0 Å². The standard InChI is InChI=1S/C27H29N5O3/c1-17(29-27(35)31-23-8-4-6-20(14-23)25(28)33)19-5-3-7-21(13-19)26(34)30-24-10-9-18-11-12-32(2)16-22(18)15-24/h3-10,13-15,17H,11-12,16H2,1-2H3,(H2,28,33)(H,30,34)(H2,29,31,35)/t17-/m1/s1. The van der Waals surface area contributed by atoms with Crippen molar-refractivity contribution in [3.05, 3.63) is 94.5 Å². The van der Waals surface area contributed by atoms with Gasteiger partial charge in [-0.15, -0.1) is 0 Å². The lowest BCUT2D eigenvalue weighted by Gasteiger charge is -2.25. The number of likely N-dealkylation sites (N-methyl/N-ethyl adjacent to an activating group) is 1. The summed E-state index contributed by atoms with van der Waals surface area (Å²) in [6.07, 6.45) is 1.01. The van der Waals surface area contributed by atoms with Crippen LogP contribution in [0.25, 0.3) is 0 Å². The van der Waals surface area contributed by atoms with Crippen LogP contribution < -0.4 is 21.7 Å². The van der Waals surface area contributed by atoms with E-state index in [2.05, 4.69) is 34.0 Å². The molecule has 0 spiro atoms. The Bertz CT molecular complexity index is 1270. The lowest BCUT2D eigenvalue weighted by atomic mass is 9.99. The number of hydrogen-bond acceptors (Lipinski definition) is 4. The third kappa shape index (κ3) is 6.04. The second-order valence-corrected chi connectivity index (χ2v) is 8.82. The Morgan fingerprint density at radius 2 is 1.63 bits per heavy atom. The molecule has 8 nitrogen and oxygen atoms in total. The third-order valence-corrected chi connectivity index (χ3v) is 6.07. The van der Waals surface area contributed by atoms with Gasteiger partial charge in [-0.25, -0.2) is 4.79 Å². The molecule has 8 heteroatoms. The first kappa shape index (κ1) is 24.0. The van der Waals surface area contributed by atoms with Crippen molar-refractivity contribution in [3.8, 4) is 0 Å². The average Bonchev–Trinajstić information content (AvgIpc) is 2.84. The van der Waals surface area contributed by atoms with Crippen LogP contribution >= 0.6 is 0 Å². The lowest BCUT2D eigenvalue weighted by Crippen LogP contribution is -2.31. The molecule has 3 aromatic rings. The average molecular weight is 472 g/mol. The van der Waals surface area contributed by atoms with Crippen LogP contribution in [0.5, 0.6) is 0 Å². The Morgan fingerprint density at radius 1 is 0.886 bits per heavy atom. The fraction of sp³-hybridized carbons (Fsp3) is 0.222. The van der Waals surface area contributed by atoms with Crippen LogP contribution in [0.1, 0.15) is 50.4 Å².